The SMILES string of the molecule is C\C=C/C=C(C)/C(C)=C/C1=C(CNC2=C/CC(C)(C)CCC(C)(C)C/C=C\2)B(c2csc3cc4c(cc23)C(C)(C)CCC4(C)C)C(/C=C(\CC(C)C)C(C)(C)CC)=C(C)N1/C(C)=c1\oc2ccccc2\c1=C\C. The van der Waals surface area contributed by atoms with E-state index < -0.39 is 0 Å². The number of nitrogens with zero attached hydrogens (tertiary/aromatic N) is 1. The molecule has 0 fully saturated rings. The van der Waals surface area contributed by atoms with Crippen LogP contribution in [0.3, 0.4) is 0 Å². The fourth-order valence-corrected chi connectivity index (χ4v) is 12.6. The normalized spacial score (nSPS) is 21.9. The van der Waals surface area contributed by atoms with Gasteiger partial charge in [0.15, 0.2) is 5.42 Å². The molecule has 3 aliphatic rings. The number of nitrogens with one attached hydrogen (secondary N) is 1. The third kappa shape index (κ3) is 12.0. The molecular formula is C68H93BN2OS. The van der Waals surface area contributed by atoms with Crippen LogP contribution in [0.4, 0.5) is 0 Å². The third-order valence-electron chi connectivity index (χ3n) is 17.5. The minimum atomic E-state index is -0.0378. The number of hydrogen-bond donors (Lipinski definition) is 1. The van der Waals surface area contributed by atoms with Gasteiger partial charge in [-0.05, 0) is 200 Å². The Bertz CT molecular complexity index is 3100. The number of thiophene rings is 1. The van der Waals surface area contributed by atoms with Crippen molar-refractivity contribution in [2.45, 2.75) is 194 Å². The van der Waals surface area contributed by atoms with Crippen molar-refractivity contribution in [3.8, 4) is 0 Å². The van der Waals surface area contributed by atoms with Crippen LogP contribution >= 0.6 is 11.3 Å². The van der Waals surface area contributed by atoms with Gasteiger partial charge < -0.3 is 14.6 Å². The molecule has 390 valence electrons. The molecule has 5 heteroatoms. The highest BCUT2D eigenvalue weighted by Gasteiger charge is 2.42. The summed E-state index contributed by atoms with van der Waals surface area (Å²) in [6.45, 7) is 45.9. The van der Waals surface area contributed by atoms with Gasteiger partial charge in [0.2, 0.25) is 6.71 Å². The van der Waals surface area contributed by atoms with Crippen LogP contribution in [0.2, 0.25) is 0 Å². The Hall–Kier alpha value is -4.74. The van der Waals surface area contributed by atoms with Crippen LogP contribution in [0.1, 0.15) is 194 Å². The molecule has 0 unspecified atom stereocenters. The first-order chi connectivity index (χ1) is 34.2. The summed E-state index contributed by atoms with van der Waals surface area (Å²) >= 11 is 1.94. The van der Waals surface area contributed by atoms with Crippen molar-refractivity contribution in [3.05, 3.63) is 157 Å². The summed E-state index contributed by atoms with van der Waals surface area (Å²) in [5, 5.41) is 10.4. The van der Waals surface area contributed by atoms with Crippen LogP contribution in [0.5, 0.6) is 0 Å². The monoisotopic (exact) mass is 997 g/mol. The Morgan fingerprint density at radius 3 is 2.16 bits per heavy atom. The fraction of sp³-hybridized carbons (Fsp3) is 0.500. The summed E-state index contributed by atoms with van der Waals surface area (Å²) in [6, 6.07) is 13.8. The molecule has 1 N–H and O–H groups in total. The Morgan fingerprint density at radius 1 is 0.863 bits per heavy atom. The van der Waals surface area contributed by atoms with Crippen molar-refractivity contribution >= 4 is 56.3 Å². The lowest BCUT2D eigenvalue weighted by Crippen LogP contribution is -2.46. The summed E-state index contributed by atoms with van der Waals surface area (Å²) in [7, 11) is 0. The molecule has 0 saturated carbocycles. The van der Waals surface area contributed by atoms with Crippen LogP contribution < -0.4 is 21.4 Å². The molecule has 2 aliphatic carbocycles. The zero-order chi connectivity index (χ0) is 53.4. The standard InChI is InChI=1S/C68H93BN2OS/c1-20-23-27-46(6)47(7)39-60-58(43-70-51-28-26-32-64(10,11)34-35-65(12,13)33-31-51)69(59-44-73-62-42-56-55(41-54(59)62)67(16,17)36-37-68(56,18)19)57(40-50(38-45(4)5)66(14,15)22-3)48(8)71(60)49(9)63-52(21-2)53-29-24-25-30-61(53)72-63/h20-21,23-31,39-42,44-45,70H,22,32-38,43H2,1-19H3/b23-20-,28-26-,46-27+,47-39+,50-40+,51-31+,52-21-,63-49-. The van der Waals surface area contributed by atoms with Gasteiger partial charge in [-0.15, -0.1) is 11.3 Å². The number of rotatable bonds is 13. The van der Waals surface area contributed by atoms with Crippen molar-refractivity contribution in [2.75, 3.05) is 6.54 Å². The molecule has 0 radical (unpaired) electrons. The third-order valence-corrected chi connectivity index (χ3v) is 18.4. The number of hydrogen-bond acceptors (Lipinski definition) is 4. The van der Waals surface area contributed by atoms with Crippen LogP contribution in [0, 0.1) is 22.2 Å². The molecule has 4 aromatic rings. The first-order valence-electron chi connectivity index (χ1n) is 28.0. The molecule has 2 aromatic carbocycles. The molecule has 3 heterocycles. The second kappa shape index (κ2) is 21.9. The first kappa shape index (κ1) is 56.0. The highest BCUT2D eigenvalue weighted by molar-refractivity contribution is 7.19. The number of benzene rings is 2. The molecule has 73 heavy (non-hydrogen) atoms. The van der Waals surface area contributed by atoms with Gasteiger partial charge in [-0.2, -0.15) is 0 Å². The van der Waals surface area contributed by atoms with E-state index in [1.165, 1.54) is 97.1 Å². The molecular weight excluding hydrogens is 904 g/mol. The van der Waals surface area contributed by atoms with Gasteiger partial charge in [0.25, 0.3) is 0 Å². The maximum Gasteiger partial charge on any atom is 0.245 e. The van der Waals surface area contributed by atoms with Crippen molar-refractivity contribution in [1.29, 1.82) is 0 Å². The number of furan rings is 1. The molecule has 2 aromatic heterocycles. The van der Waals surface area contributed by atoms with Crippen LogP contribution in [0.25, 0.3) is 32.8 Å². The van der Waals surface area contributed by atoms with Crippen molar-refractivity contribution in [3.63, 3.8) is 0 Å². The van der Waals surface area contributed by atoms with Gasteiger partial charge in [-0.1, -0.05) is 162 Å². The molecule has 3 nitrogen and oxygen atoms in total. The van der Waals surface area contributed by atoms with Gasteiger partial charge in [0, 0.05) is 38.9 Å². The van der Waals surface area contributed by atoms with E-state index in [0.29, 0.717) is 12.5 Å². The van der Waals surface area contributed by atoms with Crippen LogP contribution in [-0.2, 0) is 10.8 Å². The van der Waals surface area contributed by atoms with E-state index in [9.17, 15) is 0 Å². The topological polar surface area (TPSA) is 28.4 Å². The predicted molar refractivity (Wildman–Crippen MR) is 324 cm³/mol. The van der Waals surface area contributed by atoms with E-state index >= 15 is 0 Å². The maximum atomic E-state index is 7.02. The summed E-state index contributed by atoms with van der Waals surface area (Å²) in [4.78, 5) is 2.59. The quantitative estimate of drug-likeness (QED) is 0.107. The molecule has 0 atom stereocenters. The van der Waals surface area contributed by atoms with E-state index in [-0.39, 0.29) is 33.8 Å². The summed E-state index contributed by atoms with van der Waals surface area (Å²) in [5.41, 5.74) is 18.4. The van der Waals surface area contributed by atoms with Gasteiger partial charge in [-0.25, -0.2) is 0 Å². The average Bonchev–Trinajstić information content (AvgIpc) is 3.93. The van der Waals surface area contributed by atoms with Gasteiger partial charge in [-0.3, -0.25) is 0 Å². The Morgan fingerprint density at radius 2 is 1.52 bits per heavy atom. The highest BCUT2D eigenvalue weighted by Crippen LogP contribution is 2.48. The molecule has 0 amide bonds. The lowest BCUT2D eigenvalue weighted by molar-refractivity contribution is 0.241. The van der Waals surface area contributed by atoms with E-state index in [0.717, 1.165) is 53.0 Å². The zero-order valence-corrected chi connectivity index (χ0v) is 49.8. The lowest BCUT2D eigenvalue weighted by Gasteiger charge is -2.42. The van der Waals surface area contributed by atoms with Gasteiger partial charge in [0.1, 0.15) is 5.58 Å². The minimum absolute atomic E-state index is 0.0000221. The predicted octanol–water partition coefficient (Wildman–Crippen LogP) is 17.8. The number of para-hydroxylation sites is 1. The minimum Gasteiger partial charge on any atom is -0.454 e. The van der Waals surface area contributed by atoms with Crippen LogP contribution in [-0.4, -0.2) is 18.2 Å². The first-order valence-corrected chi connectivity index (χ1v) is 28.9. The number of allylic oxidation sites excluding steroid dienone is 13. The number of fused-ring (bicyclic) bond motifs is 3. The smallest absolute Gasteiger partial charge is 0.245 e. The summed E-state index contributed by atoms with van der Waals surface area (Å²) in [6.07, 6.45) is 30.3. The average molecular weight is 997 g/mol. The van der Waals surface area contributed by atoms with Crippen molar-refractivity contribution in [1.82, 2.24) is 10.2 Å². The zero-order valence-electron chi connectivity index (χ0n) is 49.0. The van der Waals surface area contributed by atoms with Gasteiger partial charge >= 0.3 is 0 Å². The molecule has 7 rings (SSSR count). The molecule has 0 saturated heterocycles. The Labute approximate surface area is 447 Å². The Balaban J connectivity index is 1.66. The second-order valence-corrected chi connectivity index (χ2v) is 27.1. The summed E-state index contributed by atoms with van der Waals surface area (Å²) < 4.78 is 8.41. The largest absolute Gasteiger partial charge is 0.454 e. The van der Waals surface area contributed by atoms with E-state index in [4.69, 9.17) is 4.42 Å². The van der Waals surface area contributed by atoms with E-state index in [1.54, 1.807) is 0 Å². The highest BCUT2D eigenvalue weighted by atomic mass is 32.1. The van der Waals surface area contributed by atoms with Crippen molar-refractivity contribution < 1.29 is 4.42 Å². The van der Waals surface area contributed by atoms with Crippen LogP contribution in [0.15, 0.2) is 140 Å². The van der Waals surface area contributed by atoms with Gasteiger partial charge in [0.05, 0.1) is 5.70 Å². The van der Waals surface area contributed by atoms with E-state index in [1.807, 2.05) is 11.3 Å². The second-order valence-electron chi connectivity index (χ2n) is 26.1. The lowest BCUT2D eigenvalue weighted by atomic mass is 9.33. The maximum absolute atomic E-state index is 7.02. The van der Waals surface area contributed by atoms with E-state index in [2.05, 4.69) is 238 Å². The molecule has 0 bridgehead atoms. The molecule has 1 aliphatic heterocycles. The van der Waals surface area contributed by atoms with Crippen molar-refractivity contribution in [2.24, 2.45) is 22.2 Å². The Kier molecular flexibility index (Phi) is 16.8. The summed E-state index contributed by atoms with van der Waals surface area (Å²) in [5.74, 6) is 0.506. The molecule has 0 spiro atoms. The fourth-order valence-electron chi connectivity index (χ4n) is 11.6.